The van der Waals surface area contributed by atoms with E-state index in [2.05, 4.69) is 25.2 Å². The van der Waals surface area contributed by atoms with E-state index in [9.17, 15) is 4.79 Å². The number of carbonyl (C=O) groups excluding carboxylic acids is 1. The number of likely N-dealkylation sites (N-methyl/N-ethyl adjacent to an activating group) is 1. The molecule has 21 heavy (non-hydrogen) atoms. The lowest BCUT2D eigenvalue weighted by Gasteiger charge is -2.21. The van der Waals surface area contributed by atoms with Gasteiger partial charge in [0.25, 0.3) is 0 Å². The molecule has 0 aliphatic carbocycles. The van der Waals surface area contributed by atoms with Crippen molar-refractivity contribution in [2.45, 2.75) is 27.7 Å². The topological polar surface area (TPSA) is 41.6 Å². The van der Waals surface area contributed by atoms with Crippen LogP contribution in [-0.2, 0) is 4.79 Å². The summed E-state index contributed by atoms with van der Waals surface area (Å²) in [7, 11) is 1.83. The summed E-state index contributed by atoms with van der Waals surface area (Å²) in [5.41, 5.74) is 2.38. The van der Waals surface area contributed by atoms with Crippen LogP contribution in [0.2, 0.25) is 0 Å². The molecule has 0 bridgehead atoms. The number of nitrogens with zero attached hydrogens (tertiary/aromatic N) is 1. The van der Waals surface area contributed by atoms with E-state index < -0.39 is 0 Å². The van der Waals surface area contributed by atoms with Crippen molar-refractivity contribution in [2.75, 3.05) is 33.3 Å². The molecule has 1 aromatic rings. The molecule has 0 saturated carbocycles. The molecule has 0 heterocycles. The van der Waals surface area contributed by atoms with Crippen LogP contribution >= 0.6 is 0 Å². The van der Waals surface area contributed by atoms with Crippen molar-refractivity contribution in [1.29, 1.82) is 0 Å². The molecule has 0 aliphatic rings. The van der Waals surface area contributed by atoms with Crippen LogP contribution in [0.25, 0.3) is 0 Å². The number of hydrogen-bond donors (Lipinski definition) is 1. The van der Waals surface area contributed by atoms with E-state index >= 15 is 0 Å². The highest BCUT2D eigenvalue weighted by Crippen LogP contribution is 2.16. The van der Waals surface area contributed by atoms with Gasteiger partial charge in [-0.1, -0.05) is 19.9 Å². The lowest BCUT2D eigenvalue weighted by atomic mass is 10.1. The van der Waals surface area contributed by atoms with Crippen LogP contribution in [0.15, 0.2) is 18.2 Å². The van der Waals surface area contributed by atoms with E-state index in [0.29, 0.717) is 13.2 Å². The number of aryl methyl sites for hydroxylation is 2. The Hall–Kier alpha value is -1.55. The number of amides is 1. The lowest BCUT2D eigenvalue weighted by Crippen LogP contribution is -2.38. The first-order valence-corrected chi connectivity index (χ1v) is 7.60. The van der Waals surface area contributed by atoms with Crippen molar-refractivity contribution in [1.82, 2.24) is 10.2 Å². The number of ether oxygens (including phenoxy) is 1. The summed E-state index contributed by atoms with van der Waals surface area (Å²) in [6.07, 6.45) is 0. The van der Waals surface area contributed by atoms with Gasteiger partial charge in [0, 0.05) is 19.5 Å². The minimum absolute atomic E-state index is 0.00355. The van der Waals surface area contributed by atoms with Gasteiger partial charge >= 0.3 is 0 Å². The summed E-state index contributed by atoms with van der Waals surface area (Å²) in [6, 6.07) is 6.15. The van der Waals surface area contributed by atoms with Gasteiger partial charge in [-0.3, -0.25) is 4.79 Å². The Kier molecular flexibility index (Phi) is 7.23. The SMILES string of the molecule is CCNCC(C)C(=O)N(C)CCOc1cc(C)cc(C)c1. The van der Waals surface area contributed by atoms with Crippen LogP contribution in [0.5, 0.6) is 5.75 Å². The first-order chi connectivity index (χ1) is 9.93. The average Bonchev–Trinajstić information content (AvgIpc) is 2.42. The second-order valence-corrected chi connectivity index (χ2v) is 5.64. The maximum Gasteiger partial charge on any atom is 0.226 e. The second-order valence-electron chi connectivity index (χ2n) is 5.64. The summed E-state index contributed by atoms with van der Waals surface area (Å²) in [5, 5.41) is 3.20. The maximum absolute atomic E-state index is 12.1. The fourth-order valence-electron chi connectivity index (χ4n) is 2.25. The monoisotopic (exact) mass is 292 g/mol. The van der Waals surface area contributed by atoms with Crippen molar-refractivity contribution in [3.05, 3.63) is 29.3 Å². The van der Waals surface area contributed by atoms with Gasteiger partial charge in [-0.25, -0.2) is 0 Å². The van der Waals surface area contributed by atoms with Crippen molar-refractivity contribution < 1.29 is 9.53 Å². The summed E-state index contributed by atoms with van der Waals surface area (Å²) in [5.74, 6) is 1.02. The fourth-order valence-corrected chi connectivity index (χ4v) is 2.25. The Morgan fingerprint density at radius 1 is 1.29 bits per heavy atom. The predicted molar refractivity (Wildman–Crippen MR) is 86.8 cm³/mol. The molecule has 1 N–H and O–H groups in total. The molecule has 4 nitrogen and oxygen atoms in total. The average molecular weight is 292 g/mol. The summed E-state index contributed by atoms with van der Waals surface area (Å²) < 4.78 is 5.74. The highest BCUT2D eigenvalue weighted by molar-refractivity contribution is 5.78. The third-order valence-electron chi connectivity index (χ3n) is 3.39. The minimum Gasteiger partial charge on any atom is -0.492 e. The molecule has 0 radical (unpaired) electrons. The normalized spacial score (nSPS) is 12.0. The second kappa shape index (κ2) is 8.67. The van der Waals surface area contributed by atoms with Gasteiger partial charge in [0.15, 0.2) is 0 Å². The zero-order chi connectivity index (χ0) is 15.8. The molecule has 118 valence electrons. The first-order valence-electron chi connectivity index (χ1n) is 7.60. The molecular formula is C17H28N2O2. The van der Waals surface area contributed by atoms with Gasteiger partial charge in [-0.05, 0) is 43.7 Å². The van der Waals surface area contributed by atoms with Crippen LogP contribution in [0.1, 0.15) is 25.0 Å². The molecule has 4 heteroatoms. The van der Waals surface area contributed by atoms with Crippen molar-refractivity contribution in [3.8, 4) is 5.75 Å². The Balaban J connectivity index is 2.38. The van der Waals surface area contributed by atoms with E-state index in [1.807, 2.05) is 33.0 Å². The van der Waals surface area contributed by atoms with E-state index in [-0.39, 0.29) is 11.8 Å². The van der Waals surface area contributed by atoms with Crippen molar-refractivity contribution in [2.24, 2.45) is 5.92 Å². The highest BCUT2D eigenvalue weighted by Gasteiger charge is 2.16. The van der Waals surface area contributed by atoms with Crippen molar-refractivity contribution in [3.63, 3.8) is 0 Å². The number of rotatable bonds is 8. The number of carbonyl (C=O) groups is 1. The molecule has 0 aliphatic heterocycles. The predicted octanol–water partition coefficient (Wildman–Crippen LogP) is 2.39. The quantitative estimate of drug-likeness (QED) is 0.800. The highest BCUT2D eigenvalue weighted by atomic mass is 16.5. The zero-order valence-electron chi connectivity index (χ0n) is 13.9. The standard InChI is InChI=1S/C17H28N2O2/c1-6-18-12-15(4)17(20)19(5)7-8-21-16-10-13(2)9-14(3)11-16/h9-11,15,18H,6-8,12H2,1-5H3. The van der Waals surface area contributed by atoms with Crippen LogP contribution in [0.3, 0.4) is 0 Å². The van der Waals surface area contributed by atoms with E-state index in [1.165, 1.54) is 11.1 Å². The molecule has 0 fully saturated rings. The molecule has 1 atom stereocenters. The summed E-state index contributed by atoms with van der Waals surface area (Å²) in [4.78, 5) is 13.9. The van der Waals surface area contributed by atoms with Gasteiger partial charge in [-0.2, -0.15) is 0 Å². The third-order valence-corrected chi connectivity index (χ3v) is 3.39. The Morgan fingerprint density at radius 3 is 2.48 bits per heavy atom. The van der Waals surface area contributed by atoms with E-state index in [0.717, 1.165) is 18.8 Å². The van der Waals surface area contributed by atoms with Gasteiger partial charge in [0.1, 0.15) is 12.4 Å². The largest absolute Gasteiger partial charge is 0.492 e. The van der Waals surface area contributed by atoms with Gasteiger partial charge < -0.3 is 15.0 Å². The van der Waals surface area contributed by atoms with E-state index in [1.54, 1.807) is 4.90 Å². The number of nitrogens with one attached hydrogen (secondary N) is 1. The van der Waals surface area contributed by atoms with Gasteiger partial charge in [0.2, 0.25) is 5.91 Å². The Labute approximate surface area is 128 Å². The Bertz CT molecular complexity index is 440. The third kappa shape index (κ3) is 6.17. The van der Waals surface area contributed by atoms with Crippen LogP contribution in [0, 0.1) is 19.8 Å². The van der Waals surface area contributed by atoms with Crippen LogP contribution in [-0.4, -0.2) is 44.1 Å². The fraction of sp³-hybridized carbons (Fsp3) is 0.588. The summed E-state index contributed by atoms with van der Waals surface area (Å²) in [6.45, 7) is 10.8. The van der Waals surface area contributed by atoms with Crippen LogP contribution < -0.4 is 10.1 Å². The smallest absolute Gasteiger partial charge is 0.226 e. The van der Waals surface area contributed by atoms with E-state index in [4.69, 9.17) is 4.74 Å². The first kappa shape index (κ1) is 17.5. The molecular weight excluding hydrogens is 264 g/mol. The lowest BCUT2D eigenvalue weighted by molar-refractivity contribution is -0.133. The number of hydrogen-bond acceptors (Lipinski definition) is 3. The van der Waals surface area contributed by atoms with Gasteiger partial charge in [0.05, 0.1) is 6.54 Å². The minimum atomic E-state index is -0.00355. The van der Waals surface area contributed by atoms with Crippen LogP contribution in [0.4, 0.5) is 0 Å². The maximum atomic E-state index is 12.1. The molecule has 0 saturated heterocycles. The molecule has 0 spiro atoms. The number of benzene rings is 1. The molecule has 1 unspecified atom stereocenters. The zero-order valence-corrected chi connectivity index (χ0v) is 13.9. The Morgan fingerprint density at radius 2 is 1.90 bits per heavy atom. The molecule has 1 aromatic carbocycles. The van der Waals surface area contributed by atoms with Crippen molar-refractivity contribution >= 4 is 5.91 Å². The molecule has 1 rings (SSSR count). The molecule has 1 amide bonds. The summed E-state index contributed by atoms with van der Waals surface area (Å²) >= 11 is 0. The van der Waals surface area contributed by atoms with Gasteiger partial charge in [-0.15, -0.1) is 0 Å². The molecule has 0 aromatic heterocycles.